The molecule has 1 heterocycles. The molecule has 1 atom stereocenters. The second-order valence-electron chi connectivity index (χ2n) is 3.46. The van der Waals surface area contributed by atoms with E-state index in [1.54, 1.807) is 0 Å². The quantitative estimate of drug-likeness (QED) is 0.497. The van der Waals surface area contributed by atoms with Gasteiger partial charge in [-0.1, -0.05) is 19.8 Å². The number of esters is 2. The molecule has 4 nitrogen and oxygen atoms in total. The van der Waals surface area contributed by atoms with Crippen molar-refractivity contribution in [2.24, 2.45) is 0 Å². The van der Waals surface area contributed by atoms with E-state index < -0.39 is 0 Å². The van der Waals surface area contributed by atoms with Crippen LogP contribution in [0.3, 0.4) is 0 Å². The number of hydrogen-bond donors (Lipinski definition) is 0. The van der Waals surface area contributed by atoms with Gasteiger partial charge in [0.15, 0.2) is 0 Å². The molecule has 0 aliphatic carbocycles. The lowest BCUT2D eigenvalue weighted by molar-refractivity contribution is -0.149. The molecule has 0 aromatic heterocycles. The number of rotatable bonds is 5. The van der Waals surface area contributed by atoms with Gasteiger partial charge in [-0.2, -0.15) is 0 Å². The summed E-state index contributed by atoms with van der Waals surface area (Å²) in [5.41, 5.74) is 0. The van der Waals surface area contributed by atoms with Crippen molar-refractivity contribution in [2.45, 2.75) is 45.1 Å². The highest BCUT2D eigenvalue weighted by atomic mass is 16.6. The van der Waals surface area contributed by atoms with Crippen LogP contribution < -0.4 is 0 Å². The van der Waals surface area contributed by atoms with E-state index in [4.69, 9.17) is 4.74 Å². The fourth-order valence-corrected chi connectivity index (χ4v) is 1.33. The number of hydrogen-bond acceptors (Lipinski definition) is 4. The Morgan fingerprint density at radius 3 is 2.93 bits per heavy atom. The second kappa shape index (κ2) is 5.62. The monoisotopic (exact) mass is 200 g/mol. The summed E-state index contributed by atoms with van der Waals surface area (Å²) in [6.07, 6.45) is 3.28. The average Bonchev–Trinajstić information content (AvgIpc) is 2.52. The van der Waals surface area contributed by atoms with Crippen molar-refractivity contribution in [3.63, 3.8) is 0 Å². The summed E-state index contributed by atoms with van der Waals surface area (Å²) in [7, 11) is 0. The molecule has 0 aromatic carbocycles. The first-order valence-corrected chi connectivity index (χ1v) is 5.07. The number of carbonyl (C=O) groups excluding carboxylic acids is 2. The Bertz CT molecular complexity index is 212. The van der Waals surface area contributed by atoms with E-state index in [9.17, 15) is 9.59 Å². The number of ether oxygens (including phenoxy) is 2. The maximum atomic E-state index is 11.2. The molecule has 4 heteroatoms. The standard InChI is InChI=1S/C10H16O4/c1-2-3-4-5-9(11)14-8-6-10(12)13-7-8/h8H,2-7H2,1H3. The van der Waals surface area contributed by atoms with Gasteiger partial charge in [0, 0.05) is 6.42 Å². The first-order valence-electron chi connectivity index (χ1n) is 5.07. The van der Waals surface area contributed by atoms with Crippen LogP contribution in [-0.4, -0.2) is 24.6 Å². The Hall–Kier alpha value is -1.06. The van der Waals surface area contributed by atoms with E-state index in [2.05, 4.69) is 11.7 Å². The number of unbranched alkanes of at least 4 members (excludes halogenated alkanes) is 2. The van der Waals surface area contributed by atoms with Gasteiger partial charge in [0.2, 0.25) is 0 Å². The minimum absolute atomic E-state index is 0.208. The molecule has 80 valence electrons. The summed E-state index contributed by atoms with van der Waals surface area (Å²) in [6, 6.07) is 0. The topological polar surface area (TPSA) is 52.6 Å². The van der Waals surface area contributed by atoms with Gasteiger partial charge in [-0.05, 0) is 6.42 Å². The van der Waals surface area contributed by atoms with Crippen molar-refractivity contribution in [3.05, 3.63) is 0 Å². The van der Waals surface area contributed by atoms with Crippen LogP contribution in [0.15, 0.2) is 0 Å². The molecule has 0 bridgehead atoms. The molecule has 1 aliphatic heterocycles. The zero-order chi connectivity index (χ0) is 10.4. The van der Waals surface area contributed by atoms with E-state index in [1.807, 2.05) is 0 Å². The van der Waals surface area contributed by atoms with Gasteiger partial charge < -0.3 is 9.47 Å². The fraction of sp³-hybridized carbons (Fsp3) is 0.800. The number of cyclic esters (lactones) is 1. The molecule has 0 aromatic rings. The summed E-state index contributed by atoms with van der Waals surface area (Å²) in [5, 5.41) is 0. The fourth-order valence-electron chi connectivity index (χ4n) is 1.33. The van der Waals surface area contributed by atoms with Gasteiger partial charge in [-0.25, -0.2) is 0 Å². The third-order valence-electron chi connectivity index (χ3n) is 2.11. The summed E-state index contributed by atoms with van der Waals surface area (Å²) >= 11 is 0. The molecule has 0 saturated carbocycles. The van der Waals surface area contributed by atoms with Gasteiger partial charge >= 0.3 is 11.9 Å². The maximum Gasteiger partial charge on any atom is 0.309 e. The van der Waals surface area contributed by atoms with Crippen LogP contribution in [0.25, 0.3) is 0 Å². The van der Waals surface area contributed by atoms with Gasteiger partial charge in [0.1, 0.15) is 12.7 Å². The maximum absolute atomic E-state index is 11.2. The number of carbonyl (C=O) groups is 2. The molecule has 1 aliphatic rings. The summed E-state index contributed by atoms with van der Waals surface area (Å²) in [5.74, 6) is -0.502. The predicted molar refractivity (Wildman–Crippen MR) is 49.6 cm³/mol. The molecule has 1 fully saturated rings. The molecule has 0 amide bonds. The third kappa shape index (κ3) is 3.77. The van der Waals surface area contributed by atoms with Gasteiger partial charge in [-0.3, -0.25) is 9.59 Å². The van der Waals surface area contributed by atoms with Crippen LogP contribution in [0, 0.1) is 0 Å². The van der Waals surface area contributed by atoms with Crippen molar-refractivity contribution in [3.8, 4) is 0 Å². The molecule has 1 saturated heterocycles. The first-order chi connectivity index (χ1) is 6.72. The van der Waals surface area contributed by atoms with Crippen molar-refractivity contribution < 1.29 is 19.1 Å². The van der Waals surface area contributed by atoms with E-state index in [0.717, 1.165) is 19.3 Å². The Labute approximate surface area is 83.6 Å². The SMILES string of the molecule is CCCCCC(=O)OC1COC(=O)C1. The summed E-state index contributed by atoms with van der Waals surface area (Å²) < 4.78 is 9.72. The zero-order valence-electron chi connectivity index (χ0n) is 8.45. The van der Waals surface area contributed by atoms with Crippen LogP contribution in [0.4, 0.5) is 0 Å². The largest absolute Gasteiger partial charge is 0.462 e. The van der Waals surface area contributed by atoms with E-state index >= 15 is 0 Å². The van der Waals surface area contributed by atoms with Crippen LogP contribution in [0.1, 0.15) is 39.0 Å². The van der Waals surface area contributed by atoms with E-state index in [0.29, 0.717) is 6.42 Å². The van der Waals surface area contributed by atoms with Crippen molar-refractivity contribution in [1.29, 1.82) is 0 Å². The molecule has 14 heavy (non-hydrogen) atoms. The highest BCUT2D eigenvalue weighted by Gasteiger charge is 2.26. The molecular formula is C10H16O4. The Balaban J connectivity index is 2.11. The highest BCUT2D eigenvalue weighted by Crippen LogP contribution is 2.11. The average molecular weight is 200 g/mol. The Morgan fingerprint density at radius 1 is 1.57 bits per heavy atom. The molecular weight excluding hydrogens is 184 g/mol. The minimum Gasteiger partial charge on any atom is -0.462 e. The normalized spacial score (nSPS) is 20.6. The van der Waals surface area contributed by atoms with Crippen LogP contribution in [-0.2, 0) is 19.1 Å². The van der Waals surface area contributed by atoms with Crippen LogP contribution in [0.5, 0.6) is 0 Å². The first kappa shape index (κ1) is 11.0. The molecule has 0 radical (unpaired) electrons. The van der Waals surface area contributed by atoms with Crippen molar-refractivity contribution in [1.82, 2.24) is 0 Å². The van der Waals surface area contributed by atoms with Gasteiger partial charge in [0.05, 0.1) is 6.42 Å². The second-order valence-corrected chi connectivity index (χ2v) is 3.46. The van der Waals surface area contributed by atoms with Crippen LogP contribution in [0.2, 0.25) is 0 Å². The van der Waals surface area contributed by atoms with E-state index in [-0.39, 0.29) is 31.1 Å². The lowest BCUT2D eigenvalue weighted by Crippen LogP contribution is -2.17. The lowest BCUT2D eigenvalue weighted by Gasteiger charge is -2.08. The summed E-state index contributed by atoms with van der Waals surface area (Å²) in [4.78, 5) is 21.9. The minimum atomic E-state index is -0.350. The Morgan fingerprint density at radius 2 is 2.36 bits per heavy atom. The molecule has 0 spiro atoms. The zero-order valence-corrected chi connectivity index (χ0v) is 8.45. The highest BCUT2D eigenvalue weighted by molar-refractivity contribution is 5.74. The predicted octanol–water partition coefficient (Wildman–Crippen LogP) is 1.43. The van der Waals surface area contributed by atoms with Gasteiger partial charge in [-0.15, -0.1) is 0 Å². The van der Waals surface area contributed by atoms with Crippen molar-refractivity contribution >= 4 is 11.9 Å². The van der Waals surface area contributed by atoms with Gasteiger partial charge in [0.25, 0.3) is 0 Å². The smallest absolute Gasteiger partial charge is 0.309 e. The van der Waals surface area contributed by atoms with Crippen molar-refractivity contribution in [2.75, 3.05) is 6.61 Å². The van der Waals surface area contributed by atoms with E-state index in [1.165, 1.54) is 0 Å². The molecule has 1 rings (SSSR count). The third-order valence-corrected chi connectivity index (χ3v) is 2.11. The molecule has 0 N–H and O–H groups in total. The molecule has 1 unspecified atom stereocenters. The Kier molecular flexibility index (Phi) is 4.43. The van der Waals surface area contributed by atoms with Crippen LogP contribution >= 0.6 is 0 Å². The lowest BCUT2D eigenvalue weighted by atomic mass is 10.2. The summed E-state index contributed by atoms with van der Waals surface area (Å²) in [6.45, 7) is 2.30.